The summed E-state index contributed by atoms with van der Waals surface area (Å²) in [6.07, 6.45) is 6.40. The van der Waals surface area contributed by atoms with E-state index in [2.05, 4.69) is 17.0 Å². The molecule has 1 fully saturated rings. The fourth-order valence-corrected chi connectivity index (χ4v) is 1.62. The zero-order valence-corrected chi connectivity index (χ0v) is 7.11. The van der Waals surface area contributed by atoms with Gasteiger partial charge in [-0.3, -0.25) is 0 Å². The van der Waals surface area contributed by atoms with E-state index in [1.54, 1.807) is 4.68 Å². The van der Waals surface area contributed by atoms with Crippen LogP contribution in [0.2, 0.25) is 0 Å². The minimum atomic E-state index is 1.19. The average molecular weight is 164 g/mol. The minimum Gasteiger partial charge on any atom is -0.371 e. The first-order valence-electron chi connectivity index (χ1n) is 4.37. The van der Waals surface area contributed by atoms with Gasteiger partial charge in [0.25, 0.3) is 0 Å². The standard InChI is InChI=1S/C9H14N3/c10-12-7-3-9(4-8-12)11-5-1-2-6-11/h3-4,7-8H,1-2,5-6,10H2/q+1. The summed E-state index contributed by atoms with van der Waals surface area (Å²) < 4.78 is 1.57. The Bertz CT molecular complexity index is 249. The Labute approximate surface area is 72.4 Å². The molecule has 0 spiro atoms. The first-order valence-corrected chi connectivity index (χ1v) is 4.37. The van der Waals surface area contributed by atoms with Gasteiger partial charge in [0.1, 0.15) is 0 Å². The molecule has 0 bridgehead atoms. The highest BCUT2D eigenvalue weighted by Crippen LogP contribution is 2.17. The highest BCUT2D eigenvalue weighted by atomic mass is 15.3. The number of hydrogen-bond donors (Lipinski definition) is 1. The molecule has 2 rings (SSSR count). The Hall–Kier alpha value is -1.25. The molecule has 1 aliphatic rings. The summed E-state index contributed by atoms with van der Waals surface area (Å²) in [6.45, 7) is 2.38. The third-order valence-corrected chi connectivity index (χ3v) is 2.31. The van der Waals surface area contributed by atoms with Crippen LogP contribution in [0.25, 0.3) is 0 Å². The van der Waals surface area contributed by atoms with Gasteiger partial charge in [-0.05, 0) is 12.8 Å². The Morgan fingerprint density at radius 3 is 2.33 bits per heavy atom. The van der Waals surface area contributed by atoms with Crippen LogP contribution in [0.4, 0.5) is 5.69 Å². The highest BCUT2D eigenvalue weighted by molar-refractivity contribution is 5.44. The van der Waals surface area contributed by atoms with Crippen molar-refractivity contribution in [3.63, 3.8) is 0 Å². The lowest BCUT2D eigenvalue weighted by molar-refractivity contribution is -0.638. The maximum atomic E-state index is 5.52. The molecular formula is C9H14N3+. The summed E-state index contributed by atoms with van der Waals surface area (Å²) in [7, 11) is 0. The second kappa shape index (κ2) is 3.01. The van der Waals surface area contributed by atoms with Gasteiger partial charge in [-0.15, -0.1) is 0 Å². The van der Waals surface area contributed by atoms with Crippen molar-refractivity contribution in [2.45, 2.75) is 12.8 Å². The molecule has 1 aliphatic heterocycles. The second-order valence-corrected chi connectivity index (χ2v) is 3.20. The predicted octanol–water partition coefficient (Wildman–Crippen LogP) is 0.288. The lowest BCUT2D eigenvalue weighted by atomic mass is 10.4. The number of hydrogen-bond acceptors (Lipinski definition) is 2. The van der Waals surface area contributed by atoms with E-state index in [9.17, 15) is 0 Å². The van der Waals surface area contributed by atoms with Crippen LogP contribution in [0.3, 0.4) is 0 Å². The summed E-state index contributed by atoms with van der Waals surface area (Å²) in [4.78, 5) is 2.39. The zero-order chi connectivity index (χ0) is 8.39. The van der Waals surface area contributed by atoms with Gasteiger partial charge in [0.2, 0.25) is 12.4 Å². The Morgan fingerprint density at radius 2 is 1.75 bits per heavy atom. The van der Waals surface area contributed by atoms with E-state index in [0.717, 1.165) is 0 Å². The average Bonchev–Trinajstić information content (AvgIpc) is 2.58. The molecule has 1 aromatic heterocycles. The predicted molar refractivity (Wildman–Crippen MR) is 48.2 cm³/mol. The largest absolute Gasteiger partial charge is 0.371 e. The molecule has 3 nitrogen and oxygen atoms in total. The van der Waals surface area contributed by atoms with Crippen molar-refractivity contribution in [1.29, 1.82) is 0 Å². The van der Waals surface area contributed by atoms with Crippen LogP contribution in [-0.2, 0) is 0 Å². The van der Waals surface area contributed by atoms with Gasteiger partial charge < -0.3 is 4.90 Å². The molecular weight excluding hydrogens is 150 g/mol. The van der Waals surface area contributed by atoms with E-state index < -0.39 is 0 Å². The van der Waals surface area contributed by atoms with Crippen LogP contribution in [-0.4, -0.2) is 13.1 Å². The van der Waals surface area contributed by atoms with Gasteiger partial charge in [0.05, 0.1) is 0 Å². The van der Waals surface area contributed by atoms with Crippen molar-refractivity contribution >= 4 is 5.69 Å². The number of rotatable bonds is 1. The van der Waals surface area contributed by atoms with E-state index >= 15 is 0 Å². The number of nitrogen functional groups attached to an aromatic ring is 1. The van der Waals surface area contributed by atoms with E-state index in [1.807, 2.05) is 12.4 Å². The summed E-state index contributed by atoms with van der Waals surface area (Å²) >= 11 is 0. The van der Waals surface area contributed by atoms with Crippen LogP contribution >= 0.6 is 0 Å². The molecule has 1 aromatic rings. The van der Waals surface area contributed by atoms with Gasteiger partial charge in [0, 0.05) is 30.9 Å². The molecule has 0 unspecified atom stereocenters. The molecule has 2 N–H and O–H groups in total. The summed E-state index contributed by atoms with van der Waals surface area (Å²) in [6, 6.07) is 4.12. The van der Waals surface area contributed by atoms with E-state index in [-0.39, 0.29) is 0 Å². The van der Waals surface area contributed by atoms with Crippen LogP contribution < -0.4 is 15.4 Å². The zero-order valence-electron chi connectivity index (χ0n) is 7.11. The molecule has 1 saturated heterocycles. The molecule has 0 saturated carbocycles. The molecule has 0 aromatic carbocycles. The number of anilines is 1. The van der Waals surface area contributed by atoms with Crippen molar-refractivity contribution in [1.82, 2.24) is 0 Å². The summed E-state index contributed by atoms with van der Waals surface area (Å²) in [5, 5.41) is 0. The number of aromatic nitrogens is 1. The third kappa shape index (κ3) is 1.35. The lowest BCUT2D eigenvalue weighted by Gasteiger charge is -2.15. The van der Waals surface area contributed by atoms with E-state index in [0.29, 0.717) is 0 Å². The summed E-state index contributed by atoms with van der Waals surface area (Å²) in [5.74, 6) is 5.52. The second-order valence-electron chi connectivity index (χ2n) is 3.20. The molecule has 0 atom stereocenters. The molecule has 0 radical (unpaired) electrons. The van der Waals surface area contributed by atoms with Gasteiger partial charge in [0.15, 0.2) is 0 Å². The Balaban J connectivity index is 2.17. The maximum absolute atomic E-state index is 5.52. The van der Waals surface area contributed by atoms with E-state index in [4.69, 9.17) is 5.84 Å². The number of nitrogens with two attached hydrogens (primary N) is 1. The van der Waals surface area contributed by atoms with Crippen LogP contribution in [0, 0.1) is 0 Å². The first-order chi connectivity index (χ1) is 5.86. The molecule has 2 heterocycles. The van der Waals surface area contributed by atoms with E-state index in [1.165, 1.54) is 31.6 Å². The Morgan fingerprint density at radius 1 is 1.17 bits per heavy atom. The maximum Gasteiger partial charge on any atom is 0.201 e. The normalized spacial score (nSPS) is 16.8. The highest BCUT2D eigenvalue weighted by Gasteiger charge is 2.12. The molecule has 12 heavy (non-hydrogen) atoms. The third-order valence-electron chi connectivity index (χ3n) is 2.31. The first kappa shape index (κ1) is 7.40. The van der Waals surface area contributed by atoms with Crippen molar-refractivity contribution in [2.24, 2.45) is 0 Å². The fourth-order valence-electron chi connectivity index (χ4n) is 1.62. The quantitative estimate of drug-likeness (QED) is 0.478. The van der Waals surface area contributed by atoms with Crippen molar-refractivity contribution < 1.29 is 4.68 Å². The smallest absolute Gasteiger partial charge is 0.201 e. The number of pyridine rings is 1. The van der Waals surface area contributed by atoms with Gasteiger partial charge in [-0.1, -0.05) is 4.68 Å². The van der Waals surface area contributed by atoms with Gasteiger partial charge in [-0.2, -0.15) is 0 Å². The van der Waals surface area contributed by atoms with Crippen molar-refractivity contribution in [3.05, 3.63) is 24.5 Å². The molecule has 0 amide bonds. The summed E-state index contributed by atoms with van der Waals surface area (Å²) in [5.41, 5.74) is 1.29. The number of nitrogens with zero attached hydrogens (tertiary/aromatic N) is 2. The molecule has 64 valence electrons. The van der Waals surface area contributed by atoms with Gasteiger partial charge >= 0.3 is 0 Å². The topological polar surface area (TPSA) is 33.1 Å². The Kier molecular flexibility index (Phi) is 1.86. The monoisotopic (exact) mass is 164 g/mol. The SMILES string of the molecule is N[n+]1ccc(N2CCCC2)cc1. The van der Waals surface area contributed by atoms with Crippen LogP contribution in [0.5, 0.6) is 0 Å². The van der Waals surface area contributed by atoms with Crippen molar-refractivity contribution in [2.75, 3.05) is 23.8 Å². The minimum absolute atomic E-state index is 1.19. The van der Waals surface area contributed by atoms with Crippen LogP contribution in [0.15, 0.2) is 24.5 Å². The molecule has 0 aliphatic carbocycles. The van der Waals surface area contributed by atoms with Crippen molar-refractivity contribution in [3.8, 4) is 0 Å². The molecule has 3 heteroatoms. The fraction of sp³-hybridized carbons (Fsp3) is 0.444. The van der Waals surface area contributed by atoms with Crippen LogP contribution in [0.1, 0.15) is 12.8 Å². The lowest BCUT2D eigenvalue weighted by Crippen LogP contribution is -2.43. The van der Waals surface area contributed by atoms with Gasteiger partial charge in [-0.25, -0.2) is 5.84 Å².